The molecule has 4 heterocycles. The molecule has 37 heavy (non-hydrogen) atoms. The van der Waals surface area contributed by atoms with Crippen LogP contribution in [0.5, 0.6) is 0 Å². The number of amides is 1. The molecule has 2 aliphatic rings. The smallest absolute Gasteiger partial charge is 0.256 e. The van der Waals surface area contributed by atoms with E-state index in [1.54, 1.807) is 18.2 Å². The molecule has 1 atom stereocenters. The molecule has 2 saturated heterocycles. The van der Waals surface area contributed by atoms with E-state index in [-0.39, 0.29) is 11.9 Å². The first-order valence-electron chi connectivity index (χ1n) is 13.1. The lowest BCUT2D eigenvalue weighted by Gasteiger charge is -2.35. The van der Waals surface area contributed by atoms with E-state index in [1.807, 2.05) is 29.3 Å². The predicted octanol–water partition coefficient (Wildman–Crippen LogP) is 4.38. The maximum atomic E-state index is 13.9. The van der Waals surface area contributed by atoms with Crippen molar-refractivity contribution in [3.63, 3.8) is 0 Å². The van der Waals surface area contributed by atoms with Crippen LogP contribution in [0, 0.1) is 20.8 Å². The van der Waals surface area contributed by atoms with Crippen molar-refractivity contribution in [3.05, 3.63) is 52.3 Å². The summed E-state index contributed by atoms with van der Waals surface area (Å²) in [6, 6.07) is 7.03. The molecule has 0 spiro atoms. The summed E-state index contributed by atoms with van der Waals surface area (Å²) in [6.07, 6.45) is 7.37. The van der Waals surface area contributed by atoms with Crippen LogP contribution in [-0.2, 0) is 10.0 Å². The van der Waals surface area contributed by atoms with Crippen molar-refractivity contribution in [2.45, 2.75) is 65.3 Å². The Kier molecular flexibility index (Phi) is 6.87. The molecule has 1 N–H and O–H groups in total. The number of rotatable bonds is 5. The minimum absolute atomic E-state index is 0.187. The van der Waals surface area contributed by atoms with Gasteiger partial charge in [-0.25, -0.2) is 13.4 Å². The maximum Gasteiger partial charge on any atom is 0.256 e. The first-order valence-corrected chi connectivity index (χ1v) is 15.0. The molecule has 2 aromatic heterocycles. The Morgan fingerprint density at radius 3 is 2.46 bits per heavy atom. The largest absolute Gasteiger partial charge is 0.356 e. The van der Waals surface area contributed by atoms with Crippen LogP contribution in [0.3, 0.4) is 0 Å². The van der Waals surface area contributed by atoms with Gasteiger partial charge in [-0.2, -0.15) is 9.61 Å². The second kappa shape index (κ2) is 9.96. The molecule has 9 nitrogen and oxygen atoms in total. The van der Waals surface area contributed by atoms with Crippen molar-refractivity contribution in [1.82, 2.24) is 19.5 Å². The molecule has 3 aromatic rings. The van der Waals surface area contributed by atoms with Gasteiger partial charge in [-0.1, -0.05) is 11.6 Å². The fraction of sp³-hybridized carbons (Fsp3) is 0.519. The van der Waals surface area contributed by atoms with Crippen molar-refractivity contribution in [1.29, 1.82) is 0 Å². The Morgan fingerprint density at radius 1 is 1.00 bits per heavy atom. The quantitative estimate of drug-likeness (QED) is 0.532. The minimum Gasteiger partial charge on any atom is -0.356 e. The maximum absolute atomic E-state index is 13.9. The van der Waals surface area contributed by atoms with Crippen LogP contribution in [0.1, 0.15) is 77.4 Å². The molecule has 0 aliphatic carbocycles. The summed E-state index contributed by atoms with van der Waals surface area (Å²) in [5, 5.41) is 5.05. The Labute approximate surface area is 218 Å². The van der Waals surface area contributed by atoms with Gasteiger partial charge in [0, 0.05) is 37.0 Å². The van der Waals surface area contributed by atoms with Gasteiger partial charge < -0.3 is 9.80 Å². The number of likely N-dealkylation sites (tertiary alicyclic amines) is 1. The van der Waals surface area contributed by atoms with E-state index < -0.39 is 10.0 Å². The number of piperidine rings is 2. The van der Waals surface area contributed by atoms with Crippen LogP contribution in [0.2, 0.25) is 0 Å². The minimum atomic E-state index is -3.53. The van der Waals surface area contributed by atoms with E-state index in [0.717, 1.165) is 72.6 Å². The molecule has 1 amide bonds. The van der Waals surface area contributed by atoms with Gasteiger partial charge in [-0.15, -0.1) is 0 Å². The number of benzene rings is 1. The van der Waals surface area contributed by atoms with Crippen LogP contribution in [0.15, 0.2) is 24.3 Å². The summed E-state index contributed by atoms with van der Waals surface area (Å²) in [5.74, 6) is 0.911. The summed E-state index contributed by atoms with van der Waals surface area (Å²) >= 11 is 0. The number of carbonyl (C=O) groups is 1. The molecule has 0 radical (unpaired) electrons. The number of hydrogen-bond acceptors (Lipinski definition) is 6. The van der Waals surface area contributed by atoms with Crippen LogP contribution in [0.4, 0.5) is 11.5 Å². The van der Waals surface area contributed by atoms with Crippen molar-refractivity contribution in [3.8, 4) is 0 Å². The van der Waals surface area contributed by atoms with Gasteiger partial charge in [0.2, 0.25) is 10.0 Å². The fourth-order valence-corrected chi connectivity index (χ4v) is 6.18. The number of carbonyl (C=O) groups excluding carboxylic acids is 1. The van der Waals surface area contributed by atoms with Gasteiger partial charge in [0.25, 0.3) is 5.91 Å². The van der Waals surface area contributed by atoms with Gasteiger partial charge in [0.1, 0.15) is 5.82 Å². The molecule has 1 aromatic carbocycles. The van der Waals surface area contributed by atoms with E-state index in [9.17, 15) is 13.2 Å². The molecule has 10 heteroatoms. The third-order valence-electron chi connectivity index (χ3n) is 7.53. The van der Waals surface area contributed by atoms with Crippen LogP contribution in [0.25, 0.3) is 5.65 Å². The zero-order chi connectivity index (χ0) is 26.3. The summed E-state index contributed by atoms with van der Waals surface area (Å²) in [6.45, 7) is 8.65. The predicted molar refractivity (Wildman–Crippen MR) is 146 cm³/mol. The van der Waals surface area contributed by atoms with E-state index in [0.29, 0.717) is 17.8 Å². The lowest BCUT2D eigenvalue weighted by atomic mass is 9.97. The van der Waals surface area contributed by atoms with Gasteiger partial charge in [0.15, 0.2) is 5.65 Å². The standard InChI is InChI=1S/C27H36N6O3S/c1-18-11-12-22(30-37(4,35)36)21(16-18)27(34)32-15-9-6-10-24(32)23-17-25-28-20(3)19(2)26(33(25)29-23)31-13-7-5-8-14-31/h11-12,16-17,24,30H,5-10,13-15H2,1-4H3/t24-/m0/s1. The molecule has 198 valence electrons. The van der Waals surface area contributed by atoms with Crippen LogP contribution in [-0.4, -0.2) is 59.7 Å². The summed E-state index contributed by atoms with van der Waals surface area (Å²) in [5.41, 5.74) is 5.31. The Balaban J connectivity index is 1.55. The number of aromatic nitrogens is 3. The zero-order valence-corrected chi connectivity index (χ0v) is 22.9. The number of anilines is 2. The van der Waals surface area contributed by atoms with E-state index >= 15 is 0 Å². The SMILES string of the molecule is Cc1ccc(NS(C)(=O)=O)c(C(=O)N2CCCC[C@H]2c2cc3nc(C)c(C)c(N4CCCCC4)n3n2)c1. The van der Waals surface area contributed by atoms with Crippen LogP contribution >= 0.6 is 0 Å². The number of hydrogen-bond donors (Lipinski definition) is 1. The average Bonchev–Trinajstić information content (AvgIpc) is 3.28. The topological polar surface area (TPSA) is 99.9 Å². The van der Waals surface area contributed by atoms with Crippen LogP contribution < -0.4 is 9.62 Å². The highest BCUT2D eigenvalue weighted by atomic mass is 32.2. The second-order valence-corrected chi connectivity index (χ2v) is 12.2. The lowest BCUT2D eigenvalue weighted by Crippen LogP contribution is -2.39. The highest BCUT2D eigenvalue weighted by Gasteiger charge is 2.33. The van der Waals surface area contributed by atoms with E-state index in [4.69, 9.17) is 10.1 Å². The highest BCUT2D eigenvalue weighted by molar-refractivity contribution is 7.92. The summed E-state index contributed by atoms with van der Waals surface area (Å²) in [7, 11) is -3.53. The molecule has 0 unspecified atom stereocenters. The zero-order valence-electron chi connectivity index (χ0n) is 22.1. The molecule has 0 bridgehead atoms. The monoisotopic (exact) mass is 524 g/mol. The molecular formula is C27H36N6O3S. The molecular weight excluding hydrogens is 488 g/mol. The first kappa shape index (κ1) is 25.5. The Bertz CT molecular complexity index is 1440. The third kappa shape index (κ3) is 5.16. The summed E-state index contributed by atoms with van der Waals surface area (Å²) in [4.78, 5) is 23.0. The number of nitrogens with zero attached hydrogens (tertiary/aromatic N) is 5. The molecule has 2 fully saturated rings. The summed E-state index contributed by atoms with van der Waals surface area (Å²) < 4.78 is 28.4. The normalized spacial score (nSPS) is 18.9. The van der Waals surface area contributed by atoms with Crippen molar-refractivity contribution < 1.29 is 13.2 Å². The fourth-order valence-electron chi connectivity index (χ4n) is 5.60. The third-order valence-corrected chi connectivity index (χ3v) is 8.12. The van der Waals surface area contributed by atoms with Gasteiger partial charge in [-0.3, -0.25) is 9.52 Å². The van der Waals surface area contributed by atoms with Gasteiger partial charge in [-0.05, 0) is 71.4 Å². The number of fused-ring (bicyclic) bond motifs is 1. The number of nitrogens with one attached hydrogen (secondary N) is 1. The Morgan fingerprint density at radius 2 is 1.73 bits per heavy atom. The van der Waals surface area contributed by atoms with Crippen molar-refractivity contribution in [2.24, 2.45) is 0 Å². The van der Waals surface area contributed by atoms with Crippen molar-refractivity contribution >= 4 is 33.1 Å². The number of aryl methyl sites for hydroxylation is 2. The average molecular weight is 525 g/mol. The van der Waals surface area contributed by atoms with Crippen molar-refractivity contribution in [2.75, 3.05) is 35.5 Å². The van der Waals surface area contributed by atoms with Gasteiger partial charge in [0.05, 0.1) is 29.2 Å². The second-order valence-electron chi connectivity index (χ2n) is 10.5. The number of sulfonamides is 1. The molecule has 2 aliphatic heterocycles. The highest BCUT2D eigenvalue weighted by Crippen LogP contribution is 2.35. The first-order chi connectivity index (χ1) is 17.6. The van der Waals surface area contributed by atoms with E-state index in [1.165, 1.54) is 19.3 Å². The van der Waals surface area contributed by atoms with Gasteiger partial charge >= 0.3 is 0 Å². The van der Waals surface area contributed by atoms with E-state index in [2.05, 4.69) is 16.5 Å². The Hall–Kier alpha value is -3.14. The molecule has 0 saturated carbocycles. The lowest BCUT2D eigenvalue weighted by molar-refractivity contribution is 0.0606. The molecule has 5 rings (SSSR count).